The summed E-state index contributed by atoms with van der Waals surface area (Å²) in [5.41, 5.74) is 2.53. The summed E-state index contributed by atoms with van der Waals surface area (Å²) in [6.45, 7) is 1.15. The fourth-order valence-electron chi connectivity index (χ4n) is 1.83. The highest BCUT2D eigenvalue weighted by atomic mass is 16.2. The van der Waals surface area contributed by atoms with E-state index in [1.807, 2.05) is 16.9 Å². The second-order valence-corrected chi connectivity index (χ2v) is 4.17. The van der Waals surface area contributed by atoms with Gasteiger partial charge in [0.1, 0.15) is 0 Å². The van der Waals surface area contributed by atoms with Crippen LogP contribution in [0, 0.1) is 0 Å². The van der Waals surface area contributed by atoms with Gasteiger partial charge in [-0.2, -0.15) is 5.10 Å². The molecule has 0 aliphatic rings. The molecule has 0 atom stereocenters. The normalized spacial score (nSPS) is 10.6. The van der Waals surface area contributed by atoms with Crippen LogP contribution in [0.5, 0.6) is 0 Å². The van der Waals surface area contributed by atoms with Crippen molar-refractivity contribution in [3.8, 4) is 0 Å². The molecule has 0 unspecified atom stereocenters. The van der Waals surface area contributed by atoms with Crippen molar-refractivity contribution in [3.63, 3.8) is 0 Å². The number of rotatable bonds is 6. The molecule has 3 heteroatoms. The molecule has 1 heterocycles. The van der Waals surface area contributed by atoms with Crippen molar-refractivity contribution in [2.24, 2.45) is 0 Å². The molecule has 0 amide bonds. The van der Waals surface area contributed by atoms with Gasteiger partial charge in [-0.15, -0.1) is 0 Å². The Bertz CT molecular complexity index is 436. The lowest BCUT2D eigenvalue weighted by Crippen LogP contribution is -2.01. The maximum absolute atomic E-state index is 8.76. The zero-order valence-corrected chi connectivity index (χ0v) is 9.92. The van der Waals surface area contributed by atoms with Crippen molar-refractivity contribution in [1.82, 2.24) is 9.78 Å². The molecule has 2 rings (SSSR count). The van der Waals surface area contributed by atoms with E-state index in [-0.39, 0.29) is 6.61 Å². The Kier molecular flexibility index (Phi) is 4.33. The molecule has 0 spiro atoms. The summed E-state index contributed by atoms with van der Waals surface area (Å²) in [6.07, 6.45) is 6.67. The van der Waals surface area contributed by atoms with E-state index < -0.39 is 0 Å². The van der Waals surface area contributed by atoms with Crippen molar-refractivity contribution >= 4 is 0 Å². The van der Waals surface area contributed by atoms with E-state index in [2.05, 4.69) is 35.6 Å². The molecule has 3 nitrogen and oxygen atoms in total. The van der Waals surface area contributed by atoms with Crippen LogP contribution in [0.3, 0.4) is 0 Å². The van der Waals surface area contributed by atoms with E-state index in [0.717, 1.165) is 25.8 Å². The highest BCUT2D eigenvalue weighted by Crippen LogP contribution is 2.04. The van der Waals surface area contributed by atoms with Gasteiger partial charge >= 0.3 is 0 Å². The van der Waals surface area contributed by atoms with Gasteiger partial charge in [-0.3, -0.25) is 4.68 Å². The number of hydrogen-bond donors (Lipinski definition) is 1. The van der Waals surface area contributed by atoms with E-state index in [0.29, 0.717) is 0 Å². The predicted octanol–water partition coefficient (Wildman–Crippen LogP) is 2.05. The van der Waals surface area contributed by atoms with Crippen molar-refractivity contribution in [1.29, 1.82) is 0 Å². The number of hydrogen-bond acceptors (Lipinski definition) is 2. The Hall–Kier alpha value is -1.61. The molecule has 17 heavy (non-hydrogen) atoms. The Morgan fingerprint density at radius 1 is 1.06 bits per heavy atom. The first-order valence-electron chi connectivity index (χ1n) is 6.04. The zero-order valence-electron chi connectivity index (χ0n) is 9.92. The topological polar surface area (TPSA) is 38.1 Å². The van der Waals surface area contributed by atoms with Gasteiger partial charge in [-0.1, -0.05) is 30.3 Å². The van der Waals surface area contributed by atoms with Gasteiger partial charge in [0, 0.05) is 19.3 Å². The number of nitrogens with zero attached hydrogens (tertiary/aromatic N) is 2. The lowest BCUT2D eigenvalue weighted by molar-refractivity contribution is 0.288. The van der Waals surface area contributed by atoms with Crippen molar-refractivity contribution in [2.75, 3.05) is 6.61 Å². The van der Waals surface area contributed by atoms with Crippen LogP contribution in [0.15, 0.2) is 42.7 Å². The summed E-state index contributed by atoms with van der Waals surface area (Å²) in [5.74, 6) is 0. The van der Waals surface area contributed by atoms with Crippen LogP contribution in [-0.2, 0) is 19.4 Å². The van der Waals surface area contributed by atoms with Gasteiger partial charge in [0.25, 0.3) is 0 Å². The van der Waals surface area contributed by atoms with Gasteiger partial charge in [-0.05, 0) is 30.4 Å². The molecule has 90 valence electrons. The minimum atomic E-state index is 0.245. The summed E-state index contributed by atoms with van der Waals surface area (Å²) in [4.78, 5) is 0. The fraction of sp³-hybridized carbons (Fsp3) is 0.357. The van der Waals surface area contributed by atoms with E-state index in [9.17, 15) is 0 Å². The molecule has 1 N–H and O–H groups in total. The highest BCUT2D eigenvalue weighted by molar-refractivity contribution is 5.14. The van der Waals surface area contributed by atoms with Crippen molar-refractivity contribution < 1.29 is 5.11 Å². The SMILES string of the molecule is OCCCc1cnn(CCc2ccccc2)c1. The molecule has 1 aromatic carbocycles. The van der Waals surface area contributed by atoms with Crippen LogP contribution in [0.25, 0.3) is 0 Å². The Balaban J connectivity index is 1.85. The molecular weight excluding hydrogens is 212 g/mol. The first-order valence-corrected chi connectivity index (χ1v) is 6.04. The molecule has 0 radical (unpaired) electrons. The second-order valence-electron chi connectivity index (χ2n) is 4.17. The molecule has 0 fully saturated rings. The van der Waals surface area contributed by atoms with Crippen LogP contribution in [0.2, 0.25) is 0 Å². The third-order valence-electron chi connectivity index (χ3n) is 2.78. The molecule has 0 bridgehead atoms. The van der Waals surface area contributed by atoms with Gasteiger partial charge < -0.3 is 5.11 Å². The molecule has 0 saturated heterocycles. The van der Waals surface area contributed by atoms with Crippen LogP contribution < -0.4 is 0 Å². The maximum atomic E-state index is 8.76. The third kappa shape index (κ3) is 3.71. The quantitative estimate of drug-likeness (QED) is 0.824. The average Bonchev–Trinajstić information content (AvgIpc) is 2.83. The number of aliphatic hydroxyl groups excluding tert-OH is 1. The third-order valence-corrected chi connectivity index (χ3v) is 2.78. The lowest BCUT2D eigenvalue weighted by Gasteiger charge is -2.01. The van der Waals surface area contributed by atoms with Gasteiger partial charge in [-0.25, -0.2) is 0 Å². The van der Waals surface area contributed by atoms with Crippen LogP contribution >= 0.6 is 0 Å². The van der Waals surface area contributed by atoms with Crippen LogP contribution in [0.4, 0.5) is 0 Å². The van der Waals surface area contributed by atoms with Gasteiger partial charge in [0.05, 0.1) is 6.20 Å². The minimum absolute atomic E-state index is 0.245. The monoisotopic (exact) mass is 230 g/mol. The summed E-state index contributed by atoms with van der Waals surface area (Å²) in [5, 5.41) is 13.1. The highest BCUT2D eigenvalue weighted by Gasteiger charge is 1.99. The summed E-state index contributed by atoms with van der Waals surface area (Å²) in [6, 6.07) is 10.4. The summed E-state index contributed by atoms with van der Waals surface area (Å²) < 4.78 is 1.97. The van der Waals surface area contributed by atoms with E-state index in [1.54, 1.807) is 0 Å². The first-order chi connectivity index (χ1) is 8.38. The van der Waals surface area contributed by atoms with Crippen molar-refractivity contribution in [3.05, 3.63) is 53.9 Å². The molecule has 2 aromatic rings. The van der Waals surface area contributed by atoms with Crippen LogP contribution in [-0.4, -0.2) is 21.5 Å². The summed E-state index contributed by atoms with van der Waals surface area (Å²) in [7, 11) is 0. The average molecular weight is 230 g/mol. The second kappa shape index (κ2) is 6.21. The van der Waals surface area contributed by atoms with Gasteiger partial charge in [0.15, 0.2) is 0 Å². The van der Waals surface area contributed by atoms with E-state index in [4.69, 9.17) is 5.11 Å². The zero-order chi connectivity index (χ0) is 11.9. The number of aryl methyl sites for hydroxylation is 3. The number of benzene rings is 1. The predicted molar refractivity (Wildman–Crippen MR) is 67.8 cm³/mol. The van der Waals surface area contributed by atoms with E-state index in [1.165, 1.54) is 11.1 Å². The molecule has 0 aliphatic heterocycles. The molecular formula is C14H18N2O. The molecule has 0 aliphatic carbocycles. The number of aromatic nitrogens is 2. The van der Waals surface area contributed by atoms with Crippen molar-refractivity contribution in [2.45, 2.75) is 25.8 Å². The van der Waals surface area contributed by atoms with Crippen LogP contribution in [0.1, 0.15) is 17.5 Å². The smallest absolute Gasteiger partial charge is 0.0521 e. The largest absolute Gasteiger partial charge is 0.396 e. The Labute approximate surface area is 102 Å². The minimum Gasteiger partial charge on any atom is -0.396 e. The fourth-order valence-corrected chi connectivity index (χ4v) is 1.83. The van der Waals surface area contributed by atoms with Gasteiger partial charge in [0.2, 0.25) is 0 Å². The van der Waals surface area contributed by atoms with E-state index >= 15 is 0 Å². The summed E-state index contributed by atoms with van der Waals surface area (Å²) >= 11 is 0. The maximum Gasteiger partial charge on any atom is 0.0521 e. The standard InChI is InChI=1S/C14H18N2O/c17-10-4-7-14-11-15-16(12-14)9-8-13-5-2-1-3-6-13/h1-3,5-6,11-12,17H,4,7-10H2. The Morgan fingerprint density at radius 3 is 2.65 bits per heavy atom. The molecule has 0 saturated carbocycles. The molecule has 1 aromatic heterocycles. The first kappa shape index (κ1) is 11.9. The number of aliphatic hydroxyl groups is 1. The Morgan fingerprint density at radius 2 is 1.88 bits per heavy atom. The lowest BCUT2D eigenvalue weighted by atomic mass is 10.1.